The lowest BCUT2D eigenvalue weighted by atomic mass is 9.35. The van der Waals surface area contributed by atoms with Crippen molar-refractivity contribution in [3.63, 3.8) is 0 Å². The lowest BCUT2D eigenvalue weighted by molar-refractivity contribution is 0.339. The zero-order valence-electron chi connectivity index (χ0n) is 40.6. The third-order valence-electron chi connectivity index (χ3n) is 14.5. The molecule has 0 fully saturated rings. The lowest BCUT2D eigenvalue weighted by Crippen LogP contribution is -2.61. The van der Waals surface area contributed by atoms with Crippen molar-refractivity contribution in [3.05, 3.63) is 136 Å². The number of rotatable bonds is 3. The van der Waals surface area contributed by atoms with Crippen LogP contribution in [0.2, 0.25) is 0 Å². The highest BCUT2D eigenvalue weighted by molar-refractivity contribution is 7.29. The molecular weight excluding hydrogens is 768 g/mol. The summed E-state index contributed by atoms with van der Waals surface area (Å²) in [6.07, 6.45) is 2.34. The Kier molecular flexibility index (Phi) is 9.64. The van der Waals surface area contributed by atoms with E-state index in [1.165, 1.54) is 89.6 Å². The summed E-state index contributed by atoms with van der Waals surface area (Å²) < 4.78 is 1.49. The average Bonchev–Trinajstić information content (AvgIpc) is 3.61. The van der Waals surface area contributed by atoms with Crippen molar-refractivity contribution >= 4 is 67.9 Å². The minimum absolute atomic E-state index is 0.000984. The maximum atomic E-state index is 2.77. The highest BCUT2D eigenvalue weighted by Gasteiger charge is 2.51. The standard InChI is InChI=1S/C58H69BN2S/c1-53(2,3)37-22-26-41(27-23-37)60-45-29-25-39(55(7,8)9)33-43(45)59-49-46(60)34-40(56(10,11)12)35-47(49)61(50-48-51(62-52(50)59)58(15,16)31-30-57(48,13)14)44-28-24-38(54(4,5)6)32-42(44)36-20-18-17-19-21-36/h17-29,32-35H,30-31H2,1-16H3. The second-order valence-electron chi connectivity index (χ2n) is 24.2. The second kappa shape index (κ2) is 14.0. The van der Waals surface area contributed by atoms with Gasteiger partial charge in [0.2, 0.25) is 0 Å². The molecule has 4 heteroatoms. The molecule has 9 rings (SSSR count). The molecule has 5 aromatic carbocycles. The van der Waals surface area contributed by atoms with Crippen LogP contribution in [-0.2, 0) is 32.5 Å². The van der Waals surface area contributed by atoms with E-state index in [1.54, 1.807) is 10.4 Å². The fraction of sp³-hybridized carbons (Fsp3) is 0.414. The lowest BCUT2D eigenvalue weighted by Gasteiger charge is -2.46. The van der Waals surface area contributed by atoms with Crippen molar-refractivity contribution in [3.8, 4) is 11.1 Å². The summed E-state index contributed by atoms with van der Waals surface area (Å²) in [4.78, 5) is 6.95. The first kappa shape index (κ1) is 42.8. The Bertz CT molecular complexity index is 2720. The number of anilines is 6. The molecule has 2 nitrogen and oxygen atoms in total. The maximum absolute atomic E-state index is 2.77. The van der Waals surface area contributed by atoms with Gasteiger partial charge in [0.15, 0.2) is 0 Å². The highest BCUT2D eigenvalue weighted by Crippen LogP contribution is 2.57. The van der Waals surface area contributed by atoms with Gasteiger partial charge in [-0.25, -0.2) is 0 Å². The van der Waals surface area contributed by atoms with Crippen LogP contribution < -0.4 is 25.5 Å². The largest absolute Gasteiger partial charge is 0.311 e. The van der Waals surface area contributed by atoms with Crippen LogP contribution in [0.25, 0.3) is 11.1 Å². The minimum Gasteiger partial charge on any atom is -0.311 e. The molecule has 0 bridgehead atoms. The smallest absolute Gasteiger partial charge is 0.264 e. The summed E-state index contributed by atoms with van der Waals surface area (Å²) in [5.41, 5.74) is 20.1. The van der Waals surface area contributed by atoms with E-state index in [4.69, 9.17) is 0 Å². The molecule has 1 aromatic heterocycles. The topological polar surface area (TPSA) is 6.48 Å². The molecule has 0 spiro atoms. The van der Waals surface area contributed by atoms with Crippen LogP contribution in [0.5, 0.6) is 0 Å². The molecule has 0 atom stereocenters. The number of hydrogen-bond donors (Lipinski definition) is 0. The van der Waals surface area contributed by atoms with Crippen molar-refractivity contribution in [2.45, 2.75) is 156 Å². The summed E-state index contributed by atoms with van der Waals surface area (Å²) in [6, 6.07) is 40.6. The van der Waals surface area contributed by atoms with Crippen LogP contribution in [0, 0.1) is 0 Å². The molecule has 320 valence electrons. The van der Waals surface area contributed by atoms with E-state index in [2.05, 4.69) is 235 Å². The molecule has 6 aromatic rings. The Hall–Kier alpha value is -4.54. The van der Waals surface area contributed by atoms with E-state index < -0.39 is 0 Å². The van der Waals surface area contributed by atoms with E-state index >= 15 is 0 Å². The molecule has 3 heterocycles. The third kappa shape index (κ3) is 6.90. The van der Waals surface area contributed by atoms with Gasteiger partial charge >= 0.3 is 0 Å². The molecule has 0 N–H and O–H groups in total. The minimum atomic E-state index is -0.0984. The molecule has 0 amide bonds. The molecular formula is C58H69BN2S. The van der Waals surface area contributed by atoms with Crippen molar-refractivity contribution < 1.29 is 0 Å². The van der Waals surface area contributed by atoms with Gasteiger partial charge in [-0.3, -0.25) is 0 Å². The maximum Gasteiger partial charge on any atom is 0.264 e. The number of fused-ring (bicyclic) bond motifs is 6. The first-order valence-electron chi connectivity index (χ1n) is 23.2. The molecule has 0 unspecified atom stereocenters. The van der Waals surface area contributed by atoms with Gasteiger partial charge in [-0.1, -0.05) is 171 Å². The first-order valence-corrected chi connectivity index (χ1v) is 24.0. The molecule has 62 heavy (non-hydrogen) atoms. The van der Waals surface area contributed by atoms with Crippen LogP contribution in [0.4, 0.5) is 34.1 Å². The summed E-state index contributed by atoms with van der Waals surface area (Å²) >= 11 is 2.12. The Morgan fingerprint density at radius 1 is 0.500 bits per heavy atom. The van der Waals surface area contributed by atoms with Gasteiger partial charge in [-0.2, -0.15) is 11.3 Å². The fourth-order valence-corrected chi connectivity index (χ4v) is 12.1. The average molecular weight is 837 g/mol. The van der Waals surface area contributed by atoms with Crippen molar-refractivity contribution in [1.29, 1.82) is 0 Å². The van der Waals surface area contributed by atoms with Gasteiger partial charge in [-0.15, -0.1) is 0 Å². The number of benzene rings is 5. The predicted octanol–water partition coefficient (Wildman–Crippen LogP) is 15.0. The number of thiophene rings is 1. The fourth-order valence-electron chi connectivity index (χ4n) is 10.4. The molecule has 0 saturated heterocycles. The molecule has 2 aliphatic heterocycles. The highest BCUT2D eigenvalue weighted by atomic mass is 32.1. The summed E-state index contributed by atoms with van der Waals surface area (Å²) in [7, 11) is 0. The number of hydrogen-bond acceptors (Lipinski definition) is 3. The van der Waals surface area contributed by atoms with E-state index in [-0.39, 0.29) is 39.2 Å². The van der Waals surface area contributed by atoms with E-state index in [0.717, 1.165) is 6.42 Å². The Labute approximate surface area is 378 Å². The SMILES string of the molecule is CC(C)(C)c1ccc(N2c3ccc(C(C)(C)C)cc3B3c4sc5c(c4N(c4ccc(C(C)(C)C)cc4-c4ccccc4)c4cc(C(C)(C)C)cc2c43)C(C)(C)CCC5(C)C)cc1. The predicted molar refractivity (Wildman–Crippen MR) is 274 cm³/mol. The van der Waals surface area contributed by atoms with Crippen molar-refractivity contribution in [1.82, 2.24) is 0 Å². The Morgan fingerprint density at radius 3 is 1.60 bits per heavy atom. The van der Waals surface area contributed by atoms with Gasteiger partial charge in [0.1, 0.15) is 0 Å². The third-order valence-corrected chi connectivity index (χ3v) is 16.1. The van der Waals surface area contributed by atoms with Crippen LogP contribution >= 0.6 is 11.3 Å². The molecule has 0 saturated carbocycles. The summed E-state index contributed by atoms with van der Waals surface area (Å²) in [5.74, 6) is 0. The molecule has 3 aliphatic rings. The van der Waals surface area contributed by atoms with E-state index in [1.807, 2.05) is 0 Å². The zero-order valence-corrected chi connectivity index (χ0v) is 41.4. The van der Waals surface area contributed by atoms with Crippen LogP contribution in [0.1, 0.15) is 156 Å². The quantitative estimate of drug-likeness (QED) is 0.164. The Balaban J connectivity index is 1.47. The van der Waals surface area contributed by atoms with Gasteiger partial charge < -0.3 is 9.80 Å². The summed E-state index contributed by atoms with van der Waals surface area (Å²) in [6.45, 7) is 38.4. The van der Waals surface area contributed by atoms with Crippen molar-refractivity contribution in [2.75, 3.05) is 9.80 Å². The van der Waals surface area contributed by atoms with Crippen LogP contribution in [-0.4, -0.2) is 6.71 Å². The number of nitrogens with zero attached hydrogens (tertiary/aromatic N) is 2. The monoisotopic (exact) mass is 837 g/mol. The van der Waals surface area contributed by atoms with Gasteiger partial charge in [0.05, 0.1) is 11.4 Å². The molecule has 1 aliphatic carbocycles. The van der Waals surface area contributed by atoms with Gasteiger partial charge in [0.25, 0.3) is 6.71 Å². The zero-order chi connectivity index (χ0) is 44.7. The first-order chi connectivity index (χ1) is 28.8. The molecule has 0 radical (unpaired) electrons. The normalized spacial score (nSPS) is 16.7. The van der Waals surface area contributed by atoms with Gasteiger partial charge in [0, 0.05) is 38.0 Å². The van der Waals surface area contributed by atoms with Crippen LogP contribution in [0.3, 0.4) is 0 Å². The van der Waals surface area contributed by atoms with Crippen LogP contribution in [0.15, 0.2) is 103 Å². The van der Waals surface area contributed by atoms with E-state index in [9.17, 15) is 0 Å². The second-order valence-corrected chi connectivity index (χ2v) is 25.3. The van der Waals surface area contributed by atoms with Crippen molar-refractivity contribution in [2.24, 2.45) is 0 Å². The Morgan fingerprint density at radius 2 is 1.02 bits per heavy atom. The van der Waals surface area contributed by atoms with Gasteiger partial charge in [-0.05, 0) is 132 Å². The summed E-state index contributed by atoms with van der Waals surface area (Å²) in [5, 5.41) is 0. The van der Waals surface area contributed by atoms with E-state index in [0.29, 0.717) is 0 Å².